The number of nitrogens with one attached hydrogen (secondary N) is 2. The van der Waals surface area contributed by atoms with E-state index in [1.54, 1.807) is 51.1 Å². The summed E-state index contributed by atoms with van der Waals surface area (Å²) >= 11 is 13.0. The zero-order valence-corrected chi connectivity index (χ0v) is 31.1. The minimum atomic E-state index is -1.27. The minimum absolute atomic E-state index is 0.0114. The smallest absolute Gasteiger partial charge is 0.347 e. The number of esters is 2. The maximum absolute atomic E-state index is 13.6. The van der Waals surface area contributed by atoms with E-state index in [0.29, 0.717) is 16.1 Å². The molecule has 0 fully saturated rings. The van der Waals surface area contributed by atoms with Crippen LogP contribution in [0.1, 0.15) is 86.8 Å². The Morgan fingerprint density at radius 2 is 1.70 bits per heavy atom. The molecule has 6 unspecified atom stereocenters. The molecule has 2 aromatic rings. The third-order valence-electron chi connectivity index (χ3n) is 8.73. The van der Waals surface area contributed by atoms with Crippen LogP contribution in [0, 0.1) is 24.2 Å². The maximum Gasteiger partial charge on any atom is 0.347 e. The van der Waals surface area contributed by atoms with Crippen LogP contribution in [0.5, 0.6) is 0 Å². The SMILES string of the molecule is CC(=O)c1ccc(C(Cl)C(O)C(C)C2C/C=C/C(=O)NC(Cc3ccc(C)c(Cl)c3)C(=O)NCC(C)(C)C(=O)OC(CC(C)C)C(=O)O2)cc1. The summed E-state index contributed by atoms with van der Waals surface area (Å²) in [5.74, 6) is -3.57. The second-order valence-corrected chi connectivity index (χ2v) is 14.9. The Balaban J connectivity index is 1.96. The molecule has 0 saturated carbocycles. The molecule has 0 aliphatic carbocycles. The van der Waals surface area contributed by atoms with Gasteiger partial charge in [-0.1, -0.05) is 74.8 Å². The van der Waals surface area contributed by atoms with Gasteiger partial charge in [0.05, 0.1) is 16.9 Å². The predicted molar refractivity (Wildman–Crippen MR) is 192 cm³/mol. The third-order valence-corrected chi connectivity index (χ3v) is 9.65. The Morgan fingerprint density at radius 1 is 1.04 bits per heavy atom. The van der Waals surface area contributed by atoms with Crippen molar-refractivity contribution in [3.05, 3.63) is 81.9 Å². The molecular formula is C38H48Cl2N2O8. The van der Waals surface area contributed by atoms with E-state index in [0.717, 1.165) is 11.1 Å². The first-order valence-corrected chi connectivity index (χ1v) is 17.6. The number of hydrogen-bond acceptors (Lipinski definition) is 8. The van der Waals surface area contributed by atoms with Crippen molar-refractivity contribution in [3.63, 3.8) is 0 Å². The highest BCUT2D eigenvalue weighted by Gasteiger charge is 2.38. The molecule has 0 radical (unpaired) electrons. The minimum Gasteiger partial charge on any atom is -0.459 e. The van der Waals surface area contributed by atoms with Crippen LogP contribution in [-0.4, -0.2) is 65.5 Å². The topological polar surface area (TPSA) is 148 Å². The van der Waals surface area contributed by atoms with Crippen LogP contribution in [0.25, 0.3) is 0 Å². The normalized spacial score (nSPS) is 23.1. The molecule has 0 aromatic heterocycles. The van der Waals surface area contributed by atoms with Crippen LogP contribution >= 0.6 is 23.2 Å². The van der Waals surface area contributed by atoms with Gasteiger partial charge < -0.3 is 25.2 Å². The van der Waals surface area contributed by atoms with Crippen molar-refractivity contribution in [2.75, 3.05) is 6.54 Å². The molecule has 1 aliphatic heterocycles. The molecular weight excluding hydrogens is 683 g/mol. The Morgan fingerprint density at radius 3 is 2.30 bits per heavy atom. The van der Waals surface area contributed by atoms with Gasteiger partial charge in [0, 0.05) is 35.9 Å². The first-order valence-electron chi connectivity index (χ1n) is 16.7. The van der Waals surface area contributed by atoms with Gasteiger partial charge in [-0.2, -0.15) is 0 Å². The van der Waals surface area contributed by atoms with Crippen LogP contribution < -0.4 is 10.6 Å². The number of ether oxygens (including phenoxy) is 2. The highest BCUT2D eigenvalue weighted by atomic mass is 35.5. The fourth-order valence-corrected chi connectivity index (χ4v) is 5.91. The number of ketones is 1. The van der Waals surface area contributed by atoms with Gasteiger partial charge >= 0.3 is 11.9 Å². The molecule has 0 spiro atoms. The van der Waals surface area contributed by atoms with E-state index in [-0.39, 0.29) is 37.5 Å². The van der Waals surface area contributed by atoms with Crippen LogP contribution in [0.4, 0.5) is 0 Å². The average Bonchev–Trinajstić information content (AvgIpc) is 3.06. The van der Waals surface area contributed by atoms with E-state index in [4.69, 9.17) is 32.7 Å². The number of aliphatic hydroxyl groups is 1. The Bertz CT molecular complexity index is 1570. The maximum atomic E-state index is 13.6. The van der Waals surface area contributed by atoms with E-state index < -0.39 is 64.8 Å². The second kappa shape index (κ2) is 18.0. The van der Waals surface area contributed by atoms with E-state index in [1.165, 1.54) is 19.1 Å². The fourth-order valence-electron chi connectivity index (χ4n) is 5.33. The number of benzene rings is 2. The Labute approximate surface area is 304 Å². The van der Waals surface area contributed by atoms with Gasteiger partial charge in [0.25, 0.3) is 0 Å². The molecule has 2 aromatic carbocycles. The number of Topliss-reactive ketones (excluding diaryl/α,β-unsaturated/α-hetero) is 1. The van der Waals surface area contributed by atoms with Crippen LogP contribution in [0.3, 0.4) is 0 Å². The van der Waals surface area contributed by atoms with Crippen molar-refractivity contribution in [3.8, 4) is 0 Å². The Kier molecular flexibility index (Phi) is 14.6. The molecule has 10 nitrogen and oxygen atoms in total. The number of halogens is 2. The molecule has 1 heterocycles. The summed E-state index contributed by atoms with van der Waals surface area (Å²) in [6.07, 6.45) is -0.498. The average molecular weight is 732 g/mol. The number of aliphatic hydroxyl groups excluding tert-OH is 1. The molecule has 6 atom stereocenters. The summed E-state index contributed by atoms with van der Waals surface area (Å²) in [4.78, 5) is 65.4. The van der Waals surface area contributed by atoms with Gasteiger partial charge in [-0.05, 0) is 68.9 Å². The first-order chi connectivity index (χ1) is 23.4. The number of hydrogen-bond donors (Lipinski definition) is 3. The summed E-state index contributed by atoms with van der Waals surface area (Å²) in [5, 5.41) is 16.4. The molecule has 50 heavy (non-hydrogen) atoms. The molecule has 12 heteroatoms. The van der Waals surface area contributed by atoms with Crippen molar-refractivity contribution in [2.24, 2.45) is 17.3 Å². The number of amides is 2. The molecule has 0 bridgehead atoms. The summed E-state index contributed by atoms with van der Waals surface area (Å²) < 4.78 is 11.7. The van der Waals surface area contributed by atoms with Gasteiger partial charge in [0.1, 0.15) is 12.1 Å². The van der Waals surface area contributed by atoms with Crippen molar-refractivity contribution in [1.82, 2.24) is 10.6 Å². The molecule has 1 aliphatic rings. The molecule has 272 valence electrons. The van der Waals surface area contributed by atoms with Gasteiger partial charge in [-0.25, -0.2) is 4.79 Å². The highest BCUT2D eigenvalue weighted by molar-refractivity contribution is 6.31. The van der Waals surface area contributed by atoms with Crippen molar-refractivity contribution >= 4 is 52.7 Å². The summed E-state index contributed by atoms with van der Waals surface area (Å²) in [5.41, 5.74) is 1.37. The number of alkyl halides is 1. The second-order valence-electron chi connectivity index (χ2n) is 14.0. The lowest BCUT2D eigenvalue weighted by Crippen LogP contribution is -2.51. The van der Waals surface area contributed by atoms with Crippen LogP contribution in [0.2, 0.25) is 5.02 Å². The number of carbonyl (C=O) groups is 5. The van der Waals surface area contributed by atoms with E-state index in [9.17, 15) is 29.1 Å². The third kappa shape index (κ3) is 11.4. The number of rotatable bonds is 9. The van der Waals surface area contributed by atoms with Crippen LogP contribution in [0.15, 0.2) is 54.6 Å². The summed E-state index contributed by atoms with van der Waals surface area (Å²) in [6, 6.07) is 10.9. The lowest BCUT2D eigenvalue weighted by Gasteiger charge is -2.32. The van der Waals surface area contributed by atoms with Crippen molar-refractivity contribution < 1.29 is 38.6 Å². The summed E-state index contributed by atoms with van der Waals surface area (Å²) in [7, 11) is 0. The fraction of sp³-hybridized carbons (Fsp3) is 0.500. The van der Waals surface area contributed by atoms with Gasteiger partial charge in [-0.3, -0.25) is 19.2 Å². The molecule has 3 rings (SSSR count). The van der Waals surface area contributed by atoms with E-state index in [1.807, 2.05) is 32.9 Å². The first kappa shape index (κ1) is 40.7. The number of carbonyl (C=O) groups excluding carboxylic acids is 5. The molecule has 0 saturated heterocycles. The Hall–Kier alpha value is -3.73. The largest absolute Gasteiger partial charge is 0.459 e. The number of aryl methyl sites for hydroxylation is 1. The molecule has 3 N–H and O–H groups in total. The predicted octanol–water partition coefficient (Wildman–Crippen LogP) is 5.83. The van der Waals surface area contributed by atoms with Crippen molar-refractivity contribution in [1.29, 1.82) is 0 Å². The monoisotopic (exact) mass is 730 g/mol. The van der Waals surface area contributed by atoms with E-state index >= 15 is 0 Å². The van der Waals surface area contributed by atoms with Gasteiger partial charge in [0.15, 0.2) is 11.9 Å². The molecule has 2 amide bonds. The standard InChI is InChI=1S/C38H48Cl2N2O8/c1-21(2)17-31-36(47)49-30(23(4)34(45)33(40)27-15-13-26(14-16-27)24(5)43)9-8-10-32(44)42-29(19-25-12-11-22(3)28(39)18-25)35(46)41-20-38(6,7)37(48)50-31/h8,10-16,18,21,23,29-31,33-34,45H,9,17,19-20H2,1-7H3,(H,41,46)(H,42,44)/b10-8+. The quantitative estimate of drug-likeness (QED) is 0.166. The van der Waals surface area contributed by atoms with Gasteiger partial charge in [0.2, 0.25) is 11.8 Å². The lowest BCUT2D eigenvalue weighted by atomic mass is 9.90. The van der Waals surface area contributed by atoms with Gasteiger partial charge in [-0.15, -0.1) is 11.6 Å². The van der Waals surface area contributed by atoms with E-state index in [2.05, 4.69) is 10.6 Å². The van der Waals surface area contributed by atoms with Crippen molar-refractivity contribution in [2.45, 2.75) is 97.5 Å². The zero-order valence-electron chi connectivity index (χ0n) is 29.6. The number of cyclic esters (lactones) is 2. The lowest BCUT2D eigenvalue weighted by molar-refractivity contribution is -0.180. The summed E-state index contributed by atoms with van der Waals surface area (Å²) in [6.45, 7) is 11.7. The van der Waals surface area contributed by atoms with Crippen LogP contribution in [-0.2, 0) is 35.1 Å². The zero-order chi connectivity index (χ0) is 37.3. The highest BCUT2D eigenvalue weighted by Crippen LogP contribution is 2.32.